The van der Waals surface area contributed by atoms with E-state index in [9.17, 15) is 4.39 Å². The Morgan fingerprint density at radius 3 is 2.88 bits per heavy atom. The van der Waals surface area contributed by atoms with Gasteiger partial charge < -0.3 is 10.1 Å². The predicted molar refractivity (Wildman–Crippen MR) is 93.5 cm³/mol. The first kappa shape index (κ1) is 15.9. The van der Waals surface area contributed by atoms with Crippen molar-refractivity contribution in [3.8, 4) is 0 Å². The zero-order valence-electron chi connectivity index (χ0n) is 14.1. The molecular weight excluding hydrogens is 323 g/mol. The Hall–Kier alpha value is -2.61. The quantitative estimate of drug-likeness (QED) is 0.757. The van der Waals surface area contributed by atoms with E-state index in [4.69, 9.17) is 9.72 Å². The third kappa shape index (κ3) is 3.05. The summed E-state index contributed by atoms with van der Waals surface area (Å²) in [6, 6.07) is 1.40. The van der Waals surface area contributed by atoms with Crippen molar-refractivity contribution in [2.24, 2.45) is 0 Å². The number of halogens is 1. The van der Waals surface area contributed by atoms with Gasteiger partial charge in [0.15, 0.2) is 5.65 Å². The highest BCUT2D eigenvalue weighted by atomic mass is 19.1. The van der Waals surface area contributed by atoms with Gasteiger partial charge in [-0.25, -0.2) is 19.3 Å². The SMILES string of the molecule is Cc1nc(C2CCOCC2)nc(Nc2[nH]nc3ncc(F)cc23)c1C.[HH]. The van der Waals surface area contributed by atoms with E-state index in [1.807, 2.05) is 13.8 Å². The first-order valence-electron chi connectivity index (χ1n) is 8.31. The molecule has 132 valence electrons. The van der Waals surface area contributed by atoms with Gasteiger partial charge in [-0.15, -0.1) is 0 Å². The van der Waals surface area contributed by atoms with Crippen molar-refractivity contribution in [3.05, 3.63) is 35.2 Å². The summed E-state index contributed by atoms with van der Waals surface area (Å²) >= 11 is 0. The van der Waals surface area contributed by atoms with Gasteiger partial charge in [-0.3, -0.25) is 5.10 Å². The maximum atomic E-state index is 13.5. The molecule has 0 unspecified atom stereocenters. The van der Waals surface area contributed by atoms with Crippen LogP contribution in [0.3, 0.4) is 0 Å². The van der Waals surface area contributed by atoms with Crippen molar-refractivity contribution in [1.29, 1.82) is 0 Å². The van der Waals surface area contributed by atoms with Crippen molar-refractivity contribution < 1.29 is 10.6 Å². The lowest BCUT2D eigenvalue weighted by Crippen LogP contribution is -2.17. The van der Waals surface area contributed by atoms with Crippen molar-refractivity contribution in [3.63, 3.8) is 0 Å². The molecule has 7 nitrogen and oxygen atoms in total. The van der Waals surface area contributed by atoms with Gasteiger partial charge in [-0.05, 0) is 32.8 Å². The number of nitrogens with zero attached hydrogens (tertiary/aromatic N) is 4. The number of anilines is 2. The fourth-order valence-electron chi connectivity index (χ4n) is 3.00. The number of rotatable bonds is 3. The first-order valence-corrected chi connectivity index (χ1v) is 8.31. The fraction of sp³-hybridized carbons (Fsp3) is 0.412. The van der Waals surface area contributed by atoms with Gasteiger partial charge in [0.05, 0.1) is 11.6 Å². The monoisotopic (exact) mass is 344 g/mol. The molecule has 3 aromatic heterocycles. The van der Waals surface area contributed by atoms with E-state index in [1.54, 1.807) is 0 Å². The highest BCUT2D eigenvalue weighted by Crippen LogP contribution is 2.29. The maximum absolute atomic E-state index is 13.5. The molecule has 1 saturated heterocycles. The largest absolute Gasteiger partial charge is 0.381 e. The Bertz CT molecular complexity index is 925. The van der Waals surface area contributed by atoms with Gasteiger partial charge in [0, 0.05) is 31.8 Å². The van der Waals surface area contributed by atoms with Crippen molar-refractivity contribution in [2.75, 3.05) is 18.5 Å². The van der Waals surface area contributed by atoms with Crippen LogP contribution in [0.5, 0.6) is 0 Å². The number of aryl methyl sites for hydroxylation is 1. The summed E-state index contributed by atoms with van der Waals surface area (Å²) in [6.07, 6.45) is 2.99. The Morgan fingerprint density at radius 1 is 1.28 bits per heavy atom. The van der Waals surface area contributed by atoms with Crippen LogP contribution in [0, 0.1) is 19.7 Å². The van der Waals surface area contributed by atoms with Crippen LogP contribution in [0.4, 0.5) is 16.0 Å². The minimum atomic E-state index is -0.407. The van der Waals surface area contributed by atoms with Crippen LogP contribution in [0.15, 0.2) is 12.3 Å². The van der Waals surface area contributed by atoms with Gasteiger partial charge in [0.25, 0.3) is 0 Å². The van der Waals surface area contributed by atoms with Crippen molar-refractivity contribution in [2.45, 2.75) is 32.6 Å². The lowest BCUT2D eigenvalue weighted by molar-refractivity contribution is 0.0835. The van der Waals surface area contributed by atoms with Crippen LogP contribution >= 0.6 is 0 Å². The molecule has 2 N–H and O–H groups in total. The summed E-state index contributed by atoms with van der Waals surface area (Å²) in [6.45, 7) is 5.40. The molecule has 0 spiro atoms. The zero-order chi connectivity index (χ0) is 17.4. The Labute approximate surface area is 145 Å². The molecule has 25 heavy (non-hydrogen) atoms. The number of H-pyrrole nitrogens is 1. The van der Waals surface area contributed by atoms with Crippen LogP contribution in [-0.4, -0.2) is 38.4 Å². The Balaban J connectivity index is 0.00000196. The molecule has 1 fully saturated rings. The van der Waals surface area contributed by atoms with Gasteiger partial charge in [-0.1, -0.05) is 0 Å². The minimum absolute atomic E-state index is 0. The maximum Gasteiger partial charge on any atom is 0.183 e. The highest BCUT2D eigenvalue weighted by molar-refractivity contribution is 5.88. The molecular formula is C17H21FN6O. The molecule has 4 rings (SSSR count). The second-order valence-electron chi connectivity index (χ2n) is 6.28. The number of hydrogen-bond donors (Lipinski definition) is 2. The molecule has 8 heteroatoms. The number of pyridine rings is 1. The summed E-state index contributed by atoms with van der Waals surface area (Å²) < 4.78 is 18.9. The molecule has 0 radical (unpaired) electrons. The summed E-state index contributed by atoms with van der Waals surface area (Å²) in [5.74, 6) is 1.98. The molecule has 1 aliphatic rings. The van der Waals surface area contributed by atoms with Gasteiger partial charge >= 0.3 is 0 Å². The highest BCUT2D eigenvalue weighted by Gasteiger charge is 2.21. The second kappa shape index (κ2) is 6.36. The Kier molecular flexibility index (Phi) is 4.04. The standard InChI is InChI=1S/C17H19FN6O.H2/c1-9-10(2)20-15(11-3-5-25-6-4-11)21-14(9)22-17-13-7-12(18)8-19-16(13)23-24-17;/h7-8,11H,3-6H2,1-2H3,(H2,19,20,21,22,23,24);1H. The molecule has 0 bridgehead atoms. The van der Waals surface area contributed by atoms with Crippen molar-refractivity contribution >= 4 is 22.7 Å². The minimum Gasteiger partial charge on any atom is -0.381 e. The van der Waals surface area contributed by atoms with E-state index in [-0.39, 0.29) is 1.43 Å². The van der Waals surface area contributed by atoms with E-state index < -0.39 is 5.82 Å². The topological polar surface area (TPSA) is 88.6 Å². The lowest BCUT2D eigenvalue weighted by atomic mass is 9.99. The predicted octanol–water partition coefficient (Wildman–Crippen LogP) is 3.39. The molecule has 0 amide bonds. The van der Waals surface area contributed by atoms with Crippen LogP contribution < -0.4 is 5.32 Å². The number of aromatic nitrogens is 5. The summed E-state index contributed by atoms with van der Waals surface area (Å²) in [5.41, 5.74) is 2.33. The third-order valence-corrected chi connectivity index (χ3v) is 4.61. The second-order valence-corrected chi connectivity index (χ2v) is 6.28. The molecule has 0 atom stereocenters. The molecule has 0 saturated carbocycles. The van der Waals surface area contributed by atoms with Crippen molar-refractivity contribution in [1.82, 2.24) is 25.1 Å². The third-order valence-electron chi connectivity index (χ3n) is 4.61. The van der Waals surface area contributed by atoms with Crippen LogP contribution in [-0.2, 0) is 4.74 Å². The normalized spacial score (nSPS) is 15.6. The number of fused-ring (bicyclic) bond motifs is 1. The van der Waals surface area contributed by atoms with Gasteiger partial charge in [0.2, 0.25) is 0 Å². The molecule has 1 aliphatic heterocycles. The van der Waals surface area contributed by atoms with E-state index >= 15 is 0 Å². The first-order chi connectivity index (χ1) is 12.1. The van der Waals surface area contributed by atoms with Gasteiger partial charge in [-0.2, -0.15) is 5.10 Å². The van der Waals surface area contributed by atoms with Gasteiger partial charge in [0.1, 0.15) is 23.3 Å². The smallest absolute Gasteiger partial charge is 0.183 e. The summed E-state index contributed by atoms with van der Waals surface area (Å²) in [5, 5.41) is 10.8. The average Bonchev–Trinajstić information content (AvgIpc) is 3.01. The number of aromatic amines is 1. The average molecular weight is 344 g/mol. The summed E-state index contributed by atoms with van der Waals surface area (Å²) in [4.78, 5) is 13.3. The van der Waals surface area contributed by atoms with Crippen LogP contribution in [0.1, 0.15) is 37.3 Å². The number of hydrogen-bond acceptors (Lipinski definition) is 6. The van der Waals surface area contributed by atoms with Crippen LogP contribution in [0.25, 0.3) is 11.0 Å². The fourth-order valence-corrected chi connectivity index (χ4v) is 3.00. The summed E-state index contributed by atoms with van der Waals surface area (Å²) in [7, 11) is 0. The van der Waals surface area contributed by atoms with Crippen LogP contribution in [0.2, 0.25) is 0 Å². The molecule has 4 heterocycles. The van der Waals surface area contributed by atoms with E-state index in [1.165, 1.54) is 6.07 Å². The van der Waals surface area contributed by atoms with E-state index in [0.29, 0.717) is 28.6 Å². The Morgan fingerprint density at radius 2 is 2.08 bits per heavy atom. The van der Waals surface area contributed by atoms with E-state index in [2.05, 4.69) is 25.5 Å². The van der Waals surface area contributed by atoms with E-state index in [0.717, 1.165) is 49.3 Å². The lowest BCUT2D eigenvalue weighted by Gasteiger charge is -2.22. The molecule has 0 aromatic carbocycles. The zero-order valence-corrected chi connectivity index (χ0v) is 14.1. The molecule has 0 aliphatic carbocycles. The number of ether oxygens (including phenoxy) is 1. The molecule has 3 aromatic rings. The number of nitrogens with one attached hydrogen (secondary N) is 2.